The largest absolute Gasteiger partial charge is 0.611 e. The molecule has 5 heteroatoms. The molecule has 0 fully saturated rings. The number of halogens is 1. The molecule has 1 heterocycles. The Morgan fingerprint density at radius 1 is 1.27 bits per heavy atom. The molecular weight excluding hydrogens is 316 g/mol. The summed E-state index contributed by atoms with van der Waals surface area (Å²) < 4.78 is 14.3. The highest BCUT2D eigenvalue weighted by atomic mass is 35.5. The standard InChI is InChI=1S/C17H17ClN2OS/c1-4-22(21)15-8-6-5-7-12(15)17-19-14-10-11(2)9-13(18)16(14)20(17)3/h5-10H,4H2,1-3H3. The van der Waals surface area contributed by atoms with Gasteiger partial charge in [-0.05, 0) is 54.9 Å². The van der Waals surface area contributed by atoms with E-state index >= 15 is 0 Å². The van der Waals surface area contributed by atoms with Gasteiger partial charge in [-0.2, -0.15) is 0 Å². The van der Waals surface area contributed by atoms with Crippen LogP contribution in [0.3, 0.4) is 0 Å². The van der Waals surface area contributed by atoms with Crippen LogP contribution in [0.1, 0.15) is 12.5 Å². The van der Waals surface area contributed by atoms with E-state index in [9.17, 15) is 4.55 Å². The van der Waals surface area contributed by atoms with Gasteiger partial charge in [-0.15, -0.1) is 0 Å². The van der Waals surface area contributed by atoms with E-state index in [0.717, 1.165) is 32.9 Å². The lowest BCUT2D eigenvalue weighted by atomic mass is 10.2. The van der Waals surface area contributed by atoms with Crippen LogP contribution in [0.5, 0.6) is 0 Å². The van der Waals surface area contributed by atoms with Gasteiger partial charge in [0.15, 0.2) is 4.90 Å². The summed E-state index contributed by atoms with van der Waals surface area (Å²) in [4.78, 5) is 5.54. The normalized spacial score (nSPS) is 12.8. The molecule has 0 aliphatic carbocycles. The van der Waals surface area contributed by atoms with E-state index in [-0.39, 0.29) is 0 Å². The van der Waals surface area contributed by atoms with Crippen LogP contribution in [0, 0.1) is 6.92 Å². The molecule has 114 valence electrons. The molecule has 0 aliphatic rings. The van der Waals surface area contributed by atoms with E-state index in [2.05, 4.69) is 0 Å². The van der Waals surface area contributed by atoms with Gasteiger partial charge in [0.2, 0.25) is 0 Å². The monoisotopic (exact) mass is 332 g/mol. The van der Waals surface area contributed by atoms with Gasteiger partial charge in [-0.25, -0.2) is 4.98 Å². The summed E-state index contributed by atoms with van der Waals surface area (Å²) in [5, 5.41) is 0.686. The number of aromatic nitrogens is 2. The van der Waals surface area contributed by atoms with Gasteiger partial charge in [-0.1, -0.05) is 23.7 Å². The first-order valence-electron chi connectivity index (χ1n) is 7.13. The molecule has 3 rings (SSSR count). The molecule has 0 radical (unpaired) electrons. The molecule has 0 bridgehead atoms. The summed E-state index contributed by atoms with van der Waals surface area (Å²) >= 11 is 5.35. The van der Waals surface area contributed by atoms with E-state index in [1.54, 1.807) is 0 Å². The molecule has 0 amide bonds. The molecule has 2 aromatic carbocycles. The van der Waals surface area contributed by atoms with Crippen molar-refractivity contribution in [3.8, 4) is 11.4 Å². The SMILES string of the molecule is CC[S+]([O-])c1ccccc1-c1nc2cc(C)cc(Cl)c2n1C. The summed E-state index contributed by atoms with van der Waals surface area (Å²) in [7, 11) is 1.94. The molecule has 0 saturated heterocycles. The first kappa shape index (κ1) is 15.4. The fourth-order valence-electron chi connectivity index (χ4n) is 2.67. The summed E-state index contributed by atoms with van der Waals surface area (Å²) in [6, 6.07) is 11.7. The maximum atomic E-state index is 12.3. The van der Waals surface area contributed by atoms with Crippen molar-refractivity contribution in [2.75, 3.05) is 5.75 Å². The quantitative estimate of drug-likeness (QED) is 0.670. The zero-order chi connectivity index (χ0) is 15.9. The van der Waals surface area contributed by atoms with E-state index in [1.807, 2.05) is 61.9 Å². The minimum atomic E-state index is -1.03. The molecule has 1 aromatic heterocycles. The molecule has 1 unspecified atom stereocenters. The Bertz CT molecular complexity index is 844. The molecule has 0 N–H and O–H groups in total. The summed E-state index contributed by atoms with van der Waals surface area (Å²) in [6.07, 6.45) is 0. The van der Waals surface area contributed by atoms with E-state index < -0.39 is 11.2 Å². The topological polar surface area (TPSA) is 40.9 Å². The average molecular weight is 333 g/mol. The first-order valence-corrected chi connectivity index (χ1v) is 8.83. The van der Waals surface area contributed by atoms with Gasteiger partial charge in [0.1, 0.15) is 11.6 Å². The van der Waals surface area contributed by atoms with Crippen molar-refractivity contribution in [1.82, 2.24) is 9.55 Å². The predicted octanol–water partition coefficient (Wildman–Crippen LogP) is 4.33. The molecule has 3 nitrogen and oxygen atoms in total. The lowest BCUT2D eigenvalue weighted by Crippen LogP contribution is -2.07. The fourth-order valence-corrected chi connectivity index (χ4v) is 4.02. The average Bonchev–Trinajstić information content (AvgIpc) is 2.83. The summed E-state index contributed by atoms with van der Waals surface area (Å²) in [5.41, 5.74) is 3.74. The lowest BCUT2D eigenvalue weighted by molar-refractivity contribution is 0.596. The van der Waals surface area contributed by atoms with Crippen molar-refractivity contribution >= 4 is 33.8 Å². The number of hydrogen-bond donors (Lipinski definition) is 0. The third-order valence-corrected chi connectivity index (χ3v) is 5.36. The number of nitrogens with zero attached hydrogens (tertiary/aromatic N) is 2. The van der Waals surface area contributed by atoms with Crippen LogP contribution in [-0.4, -0.2) is 19.9 Å². The third kappa shape index (κ3) is 2.51. The van der Waals surface area contributed by atoms with Crippen LogP contribution in [-0.2, 0) is 18.2 Å². The van der Waals surface area contributed by atoms with Gasteiger partial charge in [0.05, 0.1) is 21.6 Å². The molecule has 3 aromatic rings. The van der Waals surface area contributed by atoms with E-state index in [4.69, 9.17) is 16.6 Å². The lowest BCUT2D eigenvalue weighted by Gasteiger charge is -2.12. The second-order valence-electron chi connectivity index (χ2n) is 5.24. The minimum Gasteiger partial charge on any atom is -0.611 e. The van der Waals surface area contributed by atoms with Gasteiger partial charge >= 0.3 is 0 Å². The Morgan fingerprint density at radius 2 is 2.00 bits per heavy atom. The number of hydrogen-bond acceptors (Lipinski definition) is 2. The number of rotatable bonds is 3. The van der Waals surface area contributed by atoms with Gasteiger partial charge in [-0.3, -0.25) is 0 Å². The van der Waals surface area contributed by atoms with Crippen LogP contribution in [0.4, 0.5) is 0 Å². The smallest absolute Gasteiger partial charge is 0.163 e. The Labute approximate surface area is 138 Å². The van der Waals surface area contributed by atoms with Crippen molar-refractivity contribution < 1.29 is 4.55 Å². The number of benzene rings is 2. The second-order valence-corrected chi connectivity index (χ2v) is 7.35. The highest BCUT2D eigenvalue weighted by Gasteiger charge is 2.20. The number of fused-ring (bicyclic) bond motifs is 1. The Balaban J connectivity index is 2.28. The number of aryl methyl sites for hydroxylation is 2. The predicted molar refractivity (Wildman–Crippen MR) is 92.8 cm³/mol. The van der Waals surface area contributed by atoms with Crippen LogP contribution in [0.25, 0.3) is 22.4 Å². The van der Waals surface area contributed by atoms with E-state index in [0.29, 0.717) is 10.8 Å². The van der Waals surface area contributed by atoms with Crippen molar-refractivity contribution in [2.45, 2.75) is 18.7 Å². The second kappa shape index (κ2) is 5.95. The summed E-state index contributed by atoms with van der Waals surface area (Å²) in [6.45, 7) is 3.92. The molecule has 0 aliphatic heterocycles. The van der Waals surface area contributed by atoms with Crippen molar-refractivity contribution in [1.29, 1.82) is 0 Å². The maximum Gasteiger partial charge on any atom is 0.163 e. The fraction of sp³-hybridized carbons (Fsp3) is 0.235. The van der Waals surface area contributed by atoms with Gasteiger partial charge in [0, 0.05) is 7.05 Å². The molecule has 0 saturated carbocycles. The van der Waals surface area contributed by atoms with Crippen LogP contribution in [0.2, 0.25) is 5.02 Å². The molecular formula is C17H17ClN2OS. The van der Waals surface area contributed by atoms with Gasteiger partial charge < -0.3 is 9.12 Å². The highest BCUT2D eigenvalue weighted by Crippen LogP contribution is 2.32. The highest BCUT2D eigenvalue weighted by molar-refractivity contribution is 7.91. The zero-order valence-electron chi connectivity index (χ0n) is 12.8. The Morgan fingerprint density at radius 3 is 2.73 bits per heavy atom. The molecule has 1 atom stereocenters. The zero-order valence-corrected chi connectivity index (χ0v) is 14.3. The molecule has 22 heavy (non-hydrogen) atoms. The minimum absolute atomic E-state index is 0.584. The third-order valence-electron chi connectivity index (χ3n) is 3.70. The van der Waals surface area contributed by atoms with Crippen molar-refractivity contribution in [2.24, 2.45) is 7.05 Å². The number of imidazole rings is 1. The van der Waals surface area contributed by atoms with Crippen molar-refractivity contribution in [3.63, 3.8) is 0 Å². The Kier molecular flexibility index (Phi) is 4.17. The maximum absolute atomic E-state index is 12.3. The van der Waals surface area contributed by atoms with Crippen LogP contribution in [0.15, 0.2) is 41.3 Å². The Hall–Kier alpha value is -1.49. The van der Waals surface area contributed by atoms with E-state index in [1.165, 1.54) is 0 Å². The van der Waals surface area contributed by atoms with Crippen LogP contribution < -0.4 is 0 Å². The molecule has 0 spiro atoms. The van der Waals surface area contributed by atoms with Crippen molar-refractivity contribution in [3.05, 3.63) is 47.0 Å². The van der Waals surface area contributed by atoms with Gasteiger partial charge in [0.25, 0.3) is 0 Å². The van der Waals surface area contributed by atoms with Crippen LogP contribution >= 0.6 is 11.6 Å². The summed E-state index contributed by atoms with van der Waals surface area (Å²) in [5.74, 6) is 1.38. The first-order chi connectivity index (χ1) is 10.5.